The van der Waals surface area contributed by atoms with Gasteiger partial charge in [-0.2, -0.15) is 0 Å². The van der Waals surface area contributed by atoms with Crippen molar-refractivity contribution in [2.24, 2.45) is 0 Å². The van der Waals surface area contributed by atoms with Crippen LogP contribution in [0, 0.1) is 5.21 Å². The predicted molar refractivity (Wildman–Crippen MR) is 38.2 cm³/mol. The van der Waals surface area contributed by atoms with Gasteiger partial charge in [-0.3, -0.25) is 0 Å². The number of benzene rings is 1. The lowest BCUT2D eigenvalue weighted by atomic mass is 10.3. The van der Waals surface area contributed by atoms with E-state index in [9.17, 15) is 5.21 Å². The zero-order valence-electron chi connectivity index (χ0n) is 5.24. The molecule has 0 amide bonds. The highest BCUT2D eigenvalue weighted by molar-refractivity contribution is 5.45. The van der Waals surface area contributed by atoms with Gasteiger partial charge in [0.25, 0.3) is 0 Å². The Labute approximate surface area is 54.3 Å². The Hall–Kier alpha value is -1.02. The topological polar surface area (TPSA) is 26.3 Å². The van der Waals surface area contributed by atoms with Crippen molar-refractivity contribution in [3.63, 3.8) is 0 Å². The van der Waals surface area contributed by atoms with Gasteiger partial charge in [0.1, 0.15) is 0 Å². The van der Waals surface area contributed by atoms with Crippen molar-refractivity contribution in [2.45, 2.75) is 0 Å². The number of para-hydroxylation sites is 1. The summed E-state index contributed by atoms with van der Waals surface area (Å²) >= 11 is 0. The van der Waals surface area contributed by atoms with Crippen LogP contribution in [-0.2, 0) is 0 Å². The summed E-state index contributed by atoms with van der Waals surface area (Å²) in [5, 5.41) is 11.4. The minimum atomic E-state index is 0.692. The summed E-state index contributed by atoms with van der Waals surface area (Å²) in [6.45, 7) is 0. The van der Waals surface area contributed by atoms with E-state index >= 15 is 0 Å². The van der Waals surface area contributed by atoms with Crippen LogP contribution in [0.3, 0.4) is 0 Å². The fourth-order valence-electron chi connectivity index (χ4n) is 0.638. The van der Waals surface area contributed by atoms with Crippen LogP contribution in [0.5, 0.6) is 0 Å². The number of rotatable bonds is 1. The maximum Gasteiger partial charge on any atom is 0.0257 e. The van der Waals surface area contributed by atoms with E-state index in [1.807, 2.05) is 18.2 Å². The maximum atomic E-state index is 10.6. The Morgan fingerprint density at radius 3 is 2.11 bits per heavy atom. The zero-order chi connectivity index (χ0) is 6.69. The first-order valence-electron chi connectivity index (χ1n) is 2.76. The standard InChI is InChI=1S/C7H8NO/c1-8(9)7-5-3-2-4-6-7/h2-6H,1H3/q-1. The molecule has 1 aromatic carbocycles. The molecule has 0 N–H and O–H groups in total. The van der Waals surface area contributed by atoms with Gasteiger partial charge in [0, 0.05) is 5.69 Å². The summed E-state index contributed by atoms with van der Waals surface area (Å²) in [6, 6.07) is 9.10. The molecule has 0 atom stereocenters. The molecule has 2 nitrogen and oxygen atoms in total. The molecule has 0 aromatic heterocycles. The van der Waals surface area contributed by atoms with E-state index in [2.05, 4.69) is 0 Å². The second kappa shape index (κ2) is 2.51. The van der Waals surface area contributed by atoms with Crippen molar-refractivity contribution in [1.82, 2.24) is 0 Å². The van der Waals surface area contributed by atoms with Crippen molar-refractivity contribution < 1.29 is 0 Å². The summed E-state index contributed by atoms with van der Waals surface area (Å²) in [5.74, 6) is 0. The minimum absolute atomic E-state index is 0.692. The smallest absolute Gasteiger partial charge is 0.0257 e. The lowest BCUT2D eigenvalue weighted by Gasteiger charge is -2.24. The molecule has 2 heteroatoms. The van der Waals surface area contributed by atoms with Crippen LogP contribution >= 0.6 is 0 Å². The number of nitrogens with zero attached hydrogens (tertiary/aromatic N) is 1. The average Bonchev–Trinajstić information content (AvgIpc) is 1.90. The van der Waals surface area contributed by atoms with Crippen molar-refractivity contribution in [2.75, 3.05) is 12.1 Å². The van der Waals surface area contributed by atoms with Crippen molar-refractivity contribution in [1.29, 1.82) is 0 Å². The Morgan fingerprint density at radius 2 is 1.78 bits per heavy atom. The van der Waals surface area contributed by atoms with Gasteiger partial charge >= 0.3 is 0 Å². The molecule has 0 radical (unpaired) electrons. The summed E-state index contributed by atoms with van der Waals surface area (Å²) < 4.78 is 0. The lowest BCUT2D eigenvalue weighted by molar-refractivity contribution is 1.22. The van der Waals surface area contributed by atoms with Crippen LogP contribution < -0.4 is 5.06 Å². The normalized spacial score (nSPS) is 9.11. The highest BCUT2D eigenvalue weighted by Gasteiger charge is 1.82. The molecule has 1 aromatic rings. The second-order valence-electron chi connectivity index (χ2n) is 1.83. The zero-order valence-corrected chi connectivity index (χ0v) is 5.24. The van der Waals surface area contributed by atoms with Crippen molar-refractivity contribution in [3.8, 4) is 0 Å². The fraction of sp³-hybridized carbons (Fsp3) is 0.143. The van der Waals surface area contributed by atoms with E-state index in [0.717, 1.165) is 5.06 Å². The molecule has 0 aliphatic rings. The van der Waals surface area contributed by atoms with E-state index < -0.39 is 0 Å². The first-order chi connectivity index (χ1) is 4.30. The largest absolute Gasteiger partial charge is 0.758 e. The predicted octanol–water partition coefficient (Wildman–Crippen LogP) is 1.62. The molecule has 48 valence electrons. The SMILES string of the molecule is CN([O-])c1ccccc1. The molecule has 0 heterocycles. The summed E-state index contributed by atoms with van der Waals surface area (Å²) in [4.78, 5) is 0. The molecule has 9 heavy (non-hydrogen) atoms. The molecule has 0 saturated carbocycles. The van der Waals surface area contributed by atoms with Crippen molar-refractivity contribution >= 4 is 5.69 Å². The summed E-state index contributed by atoms with van der Waals surface area (Å²) in [7, 11) is 1.48. The molecule has 1 rings (SSSR count). The Bertz CT molecular complexity index is 172. The summed E-state index contributed by atoms with van der Waals surface area (Å²) in [6.07, 6.45) is 0. The van der Waals surface area contributed by atoms with Crippen LogP contribution in [0.4, 0.5) is 5.69 Å². The number of anilines is 1. The molecular weight excluding hydrogens is 114 g/mol. The third kappa shape index (κ3) is 1.44. The van der Waals surface area contributed by atoms with E-state index in [4.69, 9.17) is 0 Å². The van der Waals surface area contributed by atoms with E-state index in [1.54, 1.807) is 12.1 Å². The first-order valence-corrected chi connectivity index (χ1v) is 2.76. The van der Waals surface area contributed by atoms with Gasteiger partial charge in [0.05, 0.1) is 0 Å². The molecule has 0 spiro atoms. The molecule has 0 aliphatic carbocycles. The van der Waals surface area contributed by atoms with E-state index in [-0.39, 0.29) is 0 Å². The second-order valence-corrected chi connectivity index (χ2v) is 1.83. The highest BCUT2D eigenvalue weighted by atomic mass is 16.5. The van der Waals surface area contributed by atoms with E-state index in [1.165, 1.54) is 7.05 Å². The van der Waals surface area contributed by atoms with Crippen LogP contribution in [0.25, 0.3) is 0 Å². The molecular formula is C7H8NO-. The van der Waals surface area contributed by atoms with Crippen LogP contribution in [0.2, 0.25) is 0 Å². The molecule has 0 fully saturated rings. The third-order valence-electron chi connectivity index (χ3n) is 1.12. The van der Waals surface area contributed by atoms with Crippen LogP contribution in [0.1, 0.15) is 0 Å². The van der Waals surface area contributed by atoms with Gasteiger partial charge in [-0.1, -0.05) is 18.2 Å². The number of hydrogen-bond donors (Lipinski definition) is 0. The Morgan fingerprint density at radius 1 is 1.22 bits per heavy atom. The Balaban J connectivity index is 2.85. The molecule has 0 saturated heterocycles. The molecule has 0 aliphatic heterocycles. The highest BCUT2D eigenvalue weighted by Crippen LogP contribution is 2.07. The van der Waals surface area contributed by atoms with Gasteiger partial charge in [-0.05, 0) is 19.2 Å². The number of hydrogen-bond acceptors (Lipinski definition) is 2. The van der Waals surface area contributed by atoms with Gasteiger partial charge in [0.2, 0.25) is 0 Å². The maximum absolute atomic E-state index is 10.6. The van der Waals surface area contributed by atoms with Crippen LogP contribution in [0.15, 0.2) is 30.3 Å². The van der Waals surface area contributed by atoms with E-state index in [0.29, 0.717) is 5.69 Å². The fourth-order valence-corrected chi connectivity index (χ4v) is 0.638. The third-order valence-corrected chi connectivity index (χ3v) is 1.12. The molecule has 0 unspecified atom stereocenters. The van der Waals surface area contributed by atoms with Gasteiger partial charge in [-0.25, -0.2) is 0 Å². The first kappa shape index (κ1) is 6.11. The number of hydroxylamine groups is 1. The van der Waals surface area contributed by atoms with Crippen LogP contribution in [-0.4, -0.2) is 7.05 Å². The van der Waals surface area contributed by atoms with Gasteiger partial charge < -0.3 is 10.3 Å². The lowest BCUT2D eigenvalue weighted by Crippen LogP contribution is -2.04. The van der Waals surface area contributed by atoms with Gasteiger partial charge in [-0.15, -0.1) is 0 Å². The minimum Gasteiger partial charge on any atom is -0.758 e. The van der Waals surface area contributed by atoms with Gasteiger partial charge in [0.15, 0.2) is 0 Å². The monoisotopic (exact) mass is 122 g/mol. The quantitative estimate of drug-likeness (QED) is 0.529. The molecule has 0 bridgehead atoms. The van der Waals surface area contributed by atoms with Crippen molar-refractivity contribution in [3.05, 3.63) is 35.5 Å². The summed E-state index contributed by atoms with van der Waals surface area (Å²) in [5.41, 5.74) is 0.692. The Kier molecular flexibility index (Phi) is 1.70. The average molecular weight is 122 g/mol.